The standard InChI is InChI=1S/C31H29N5O3S/c1-3-39-25-16-14-24(15-17-25)36-28(19-32-30(38)27-13-7-10-22-9-4-5-12-26(22)27)34-35-31(36)40-20-29(37)33-23-11-6-8-21(2)18-23/h4-18H,3,19-20H2,1-2H3,(H,32,38)(H,33,37). The van der Waals surface area contributed by atoms with Crippen LogP contribution in [0.25, 0.3) is 16.5 Å². The number of carbonyl (C=O) groups excluding carboxylic acids is 2. The van der Waals surface area contributed by atoms with E-state index in [1.165, 1.54) is 11.8 Å². The molecule has 5 rings (SSSR count). The molecule has 9 heteroatoms. The lowest BCUT2D eigenvalue weighted by atomic mass is 10.0. The second-order valence-electron chi connectivity index (χ2n) is 9.08. The Balaban J connectivity index is 1.36. The second-order valence-corrected chi connectivity index (χ2v) is 10.0. The summed E-state index contributed by atoms with van der Waals surface area (Å²) in [6.45, 7) is 4.62. The molecule has 40 heavy (non-hydrogen) atoms. The number of thioether (sulfide) groups is 1. The molecule has 0 bridgehead atoms. The zero-order valence-electron chi connectivity index (χ0n) is 22.3. The monoisotopic (exact) mass is 551 g/mol. The molecule has 2 amide bonds. The Labute approximate surface area is 236 Å². The quantitative estimate of drug-likeness (QED) is 0.213. The maximum atomic E-state index is 13.2. The van der Waals surface area contributed by atoms with E-state index in [4.69, 9.17) is 4.74 Å². The van der Waals surface area contributed by atoms with Crippen molar-refractivity contribution >= 4 is 40.0 Å². The highest BCUT2D eigenvalue weighted by atomic mass is 32.2. The van der Waals surface area contributed by atoms with Gasteiger partial charge in [-0.25, -0.2) is 0 Å². The van der Waals surface area contributed by atoms with E-state index in [2.05, 4.69) is 20.8 Å². The summed E-state index contributed by atoms with van der Waals surface area (Å²) in [5.41, 5.74) is 3.20. The number of hydrogen-bond acceptors (Lipinski definition) is 6. The van der Waals surface area contributed by atoms with Crippen LogP contribution < -0.4 is 15.4 Å². The number of aromatic nitrogens is 3. The van der Waals surface area contributed by atoms with Crippen molar-refractivity contribution in [2.45, 2.75) is 25.5 Å². The molecule has 4 aromatic carbocycles. The highest BCUT2D eigenvalue weighted by molar-refractivity contribution is 7.99. The van der Waals surface area contributed by atoms with E-state index in [0.29, 0.717) is 23.2 Å². The van der Waals surface area contributed by atoms with Crippen LogP contribution in [0.1, 0.15) is 28.7 Å². The molecule has 0 aliphatic carbocycles. The molecule has 202 valence electrons. The second kappa shape index (κ2) is 12.5. The predicted octanol–water partition coefficient (Wildman–Crippen LogP) is 5.79. The Bertz CT molecular complexity index is 1640. The number of nitrogens with zero attached hydrogens (tertiary/aromatic N) is 3. The molecule has 2 N–H and O–H groups in total. The van der Waals surface area contributed by atoms with Gasteiger partial charge in [0.1, 0.15) is 5.75 Å². The van der Waals surface area contributed by atoms with Crippen LogP contribution in [0.15, 0.2) is 96.2 Å². The third-order valence-corrected chi connectivity index (χ3v) is 7.11. The molecule has 0 radical (unpaired) electrons. The van der Waals surface area contributed by atoms with E-state index in [0.717, 1.165) is 33.5 Å². The summed E-state index contributed by atoms with van der Waals surface area (Å²) in [4.78, 5) is 25.9. The van der Waals surface area contributed by atoms with E-state index in [9.17, 15) is 9.59 Å². The summed E-state index contributed by atoms with van der Waals surface area (Å²) in [6.07, 6.45) is 0. The van der Waals surface area contributed by atoms with Crippen molar-refractivity contribution in [2.24, 2.45) is 0 Å². The molecule has 0 aliphatic rings. The maximum Gasteiger partial charge on any atom is 0.252 e. The zero-order valence-corrected chi connectivity index (χ0v) is 23.1. The third kappa shape index (κ3) is 6.32. The minimum atomic E-state index is -0.204. The van der Waals surface area contributed by atoms with Crippen LogP contribution in [0.5, 0.6) is 5.75 Å². The Kier molecular flexibility index (Phi) is 8.41. The number of carbonyl (C=O) groups is 2. The van der Waals surface area contributed by atoms with Crippen LogP contribution in [0.4, 0.5) is 5.69 Å². The Morgan fingerprint density at radius 1 is 0.925 bits per heavy atom. The fraction of sp³-hybridized carbons (Fsp3) is 0.161. The fourth-order valence-corrected chi connectivity index (χ4v) is 5.12. The number of fused-ring (bicyclic) bond motifs is 1. The highest BCUT2D eigenvalue weighted by Gasteiger charge is 2.18. The first-order chi connectivity index (χ1) is 19.5. The van der Waals surface area contributed by atoms with E-state index < -0.39 is 0 Å². The third-order valence-electron chi connectivity index (χ3n) is 6.18. The van der Waals surface area contributed by atoms with Gasteiger partial charge in [0.25, 0.3) is 5.91 Å². The Hall–Kier alpha value is -4.63. The van der Waals surface area contributed by atoms with Crippen molar-refractivity contribution in [3.63, 3.8) is 0 Å². The van der Waals surface area contributed by atoms with Crippen molar-refractivity contribution in [1.29, 1.82) is 0 Å². The van der Waals surface area contributed by atoms with Gasteiger partial charge < -0.3 is 15.4 Å². The minimum absolute atomic E-state index is 0.144. The van der Waals surface area contributed by atoms with Gasteiger partial charge in [0, 0.05) is 16.9 Å². The molecule has 0 saturated carbocycles. The number of anilines is 1. The number of ether oxygens (including phenoxy) is 1. The van der Waals surface area contributed by atoms with Crippen LogP contribution in [0.3, 0.4) is 0 Å². The molecule has 1 aromatic heterocycles. The average molecular weight is 552 g/mol. The van der Waals surface area contributed by atoms with Gasteiger partial charge in [0.05, 0.1) is 18.9 Å². The van der Waals surface area contributed by atoms with E-state index in [1.807, 2.05) is 109 Å². The first-order valence-electron chi connectivity index (χ1n) is 12.9. The van der Waals surface area contributed by atoms with E-state index in [1.54, 1.807) is 0 Å². The van der Waals surface area contributed by atoms with E-state index in [-0.39, 0.29) is 24.1 Å². The SMILES string of the molecule is CCOc1ccc(-n2c(CNC(=O)c3cccc4ccccc34)nnc2SCC(=O)Nc2cccc(C)c2)cc1. The van der Waals surface area contributed by atoms with Crippen molar-refractivity contribution in [3.8, 4) is 11.4 Å². The van der Waals surface area contributed by atoms with Crippen LogP contribution in [0.2, 0.25) is 0 Å². The molecule has 5 aromatic rings. The van der Waals surface area contributed by atoms with Gasteiger partial charge in [-0.15, -0.1) is 10.2 Å². The number of amides is 2. The van der Waals surface area contributed by atoms with Gasteiger partial charge in [0.15, 0.2) is 11.0 Å². The Morgan fingerprint density at radius 3 is 2.50 bits per heavy atom. The Morgan fingerprint density at radius 2 is 1.70 bits per heavy atom. The van der Waals surface area contributed by atoms with E-state index >= 15 is 0 Å². The predicted molar refractivity (Wildman–Crippen MR) is 158 cm³/mol. The lowest BCUT2D eigenvalue weighted by Crippen LogP contribution is -2.25. The van der Waals surface area contributed by atoms with Gasteiger partial charge in [0.2, 0.25) is 5.91 Å². The van der Waals surface area contributed by atoms with Crippen LogP contribution >= 0.6 is 11.8 Å². The fourth-order valence-electron chi connectivity index (χ4n) is 4.35. The first kappa shape index (κ1) is 27.0. The number of hydrogen-bond donors (Lipinski definition) is 2. The molecule has 0 unspecified atom stereocenters. The summed E-state index contributed by atoms with van der Waals surface area (Å²) in [5.74, 6) is 1.08. The maximum absolute atomic E-state index is 13.2. The first-order valence-corrected chi connectivity index (χ1v) is 13.9. The average Bonchev–Trinajstić information content (AvgIpc) is 3.38. The number of nitrogens with one attached hydrogen (secondary N) is 2. The van der Waals surface area contributed by atoms with Gasteiger partial charge in [-0.05, 0) is 72.6 Å². The topological polar surface area (TPSA) is 98.1 Å². The molecule has 0 saturated heterocycles. The summed E-state index contributed by atoms with van der Waals surface area (Å²) < 4.78 is 7.44. The molecule has 0 atom stereocenters. The van der Waals surface area contributed by atoms with Crippen molar-refractivity contribution in [3.05, 3.63) is 108 Å². The van der Waals surface area contributed by atoms with Crippen molar-refractivity contribution in [2.75, 3.05) is 17.7 Å². The molecule has 8 nitrogen and oxygen atoms in total. The van der Waals surface area contributed by atoms with Gasteiger partial charge in [-0.2, -0.15) is 0 Å². The molecule has 1 heterocycles. The minimum Gasteiger partial charge on any atom is -0.494 e. The number of rotatable bonds is 10. The van der Waals surface area contributed by atoms with Gasteiger partial charge >= 0.3 is 0 Å². The normalized spacial score (nSPS) is 10.8. The molecule has 0 aliphatic heterocycles. The summed E-state index contributed by atoms with van der Waals surface area (Å²) in [6, 6.07) is 28.6. The summed E-state index contributed by atoms with van der Waals surface area (Å²) in [7, 11) is 0. The summed E-state index contributed by atoms with van der Waals surface area (Å²) in [5, 5.41) is 17.1. The molecule has 0 fully saturated rings. The molecule has 0 spiro atoms. The lowest BCUT2D eigenvalue weighted by molar-refractivity contribution is -0.113. The van der Waals surface area contributed by atoms with Crippen LogP contribution in [0, 0.1) is 6.92 Å². The van der Waals surface area contributed by atoms with Crippen LogP contribution in [-0.4, -0.2) is 38.9 Å². The number of aryl methyl sites for hydroxylation is 1. The van der Waals surface area contributed by atoms with Crippen molar-refractivity contribution in [1.82, 2.24) is 20.1 Å². The van der Waals surface area contributed by atoms with Gasteiger partial charge in [-0.1, -0.05) is 60.3 Å². The number of benzene rings is 4. The molecular formula is C31H29N5O3S. The zero-order chi connectivity index (χ0) is 27.9. The van der Waals surface area contributed by atoms with Crippen LogP contribution in [-0.2, 0) is 11.3 Å². The van der Waals surface area contributed by atoms with Gasteiger partial charge in [-0.3, -0.25) is 14.2 Å². The largest absolute Gasteiger partial charge is 0.494 e. The van der Waals surface area contributed by atoms with Crippen molar-refractivity contribution < 1.29 is 14.3 Å². The highest BCUT2D eigenvalue weighted by Crippen LogP contribution is 2.25. The summed E-state index contributed by atoms with van der Waals surface area (Å²) >= 11 is 1.27. The lowest BCUT2D eigenvalue weighted by Gasteiger charge is -2.13. The smallest absolute Gasteiger partial charge is 0.252 e. The molecular weight excluding hydrogens is 522 g/mol.